The molecule has 2 aromatic carbocycles. The summed E-state index contributed by atoms with van der Waals surface area (Å²) < 4.78 is 11.7. The molecule has 2 saturated heterocycles. The molecule has 2 aliphatic heterocycles. The molecule has 1 amide bonds. The molecule has 0 spiro atoms. The average Bonchev–Trinajstić information content (AvgIpc) is 3.19. The van der Waals surface area contributed by atoms with E-state index in [2.05, 4.69) is 25.2 Å². The van der Waals surface area contributed by atoms with Crippen LogP contribution in [0.3, 0.4) is 0 Å². The van der Waals surface area contributed by atoms with Gasteiger partial charge in [-0.25, -0.2) is 0 Å². The van der Waals surface area contributed by atoms with E-state index in [1.165, 1.54) is 11.1 Å². The van der Waals surface area contributed by atoms with Crippen LogP contribution in [0.5, 0.6) is 11.5 Å². The Balaban J connectivity index is 1.39. The summed E-state index contributed by atoms with van der Waals surface area (Å²) in [5, 5.41) is 3.00. The largest absolute Gasteiger partial charge is 0.457 e. The minimum Gasteiger partial charge on any atom is -0.457 e. The van der Waals surface area contributed by atoms with Crippen molar-refractivity contribution in [1.82, 2.24) is 0 Å². The molecule has 2 heterocycles. The van der Waals surface area contributed by atoms with E-state index in [0.29, 0.717) is 0 Å². The number of amides is 1. The summed E-state index contributed by atoms with van der Waals surface area (Å²) in [7, 11) is 0. The molecule has 4 nitrogen and oxygen atoms in total. The Labute approximate surface area is 148 Å². The van der Waals surface area contributed by atoms with Crippen molar-refractivity contribution in [2.75, 3.05) is 5.32 Å². The molecule has 3 unspecified atom stereocenters. The molecule has 2 fully saturated rings. The van der Waals surface area contributed by atoms with E-state index in [1.54, 1.807) is 0 Å². The van der Waals surface area contributed by atoms with Crippen LogP contribution in [-0.2, 0) is 9.53 Å². The van der Waals surface area contributed by atoms with Crippen molar-refractivity contribution in [2.24, 2.45) is 5.92 Å². The second-order valence-corrected chi connectivity index (χ2v) is 7.16. The summed E-state index contributed by atoms with van der Waals surface area (Å²) in [6.07, 6.45) is 3.35. The van der Waals surface area contributed by atoms with Crippen molar-refractivity contribution in [1.29, 1.82) is 0 Å². The van der Waals surface area contributed by atoms with Gasteiger partial charge in [-0.2, -0.15) is 0 Å². The van der Waals surface area contributed by atoms with E-state index >= 15 is 0 Å². The Bertz CT molecular complexity index is 764. The number of aryl methyl sites for hydroxylation is 2. The lowest BCUT2D eigenvalue weighted by Crippen LogP contribution is -2.30. The molecule has 3 atom stereocenters. The number of ether oxygens (including phenoxy) is 2. The Morgan fingerprint density at radius 3 is 2.36 bits per heavy atom. The van der Waals surface area contributed by atoms with Gasteiger partial charge in [-0.3, -0.25) is 4.79 Å². The van der Waals surface area contributed by atoms with Crippen molar-refractivity contribution < 1.29 is 14.3 Å². The summed E-state index contributed by atoms with van der Waals surface area (Å²) in [5.41, 5.74) is 3.14. The minimum atomic E-state index is -0.00931. The van der Waals surface area contributed by atoms with Gasteiger partial charge in [0.25, 0.3) is 0 Å². The third-order valence-corrected chi connectivity index (χ3v) is 5.00. The van der Waals surface area contributed by atoms with Crippen LogP contribution in [0.1, 0.15) is 30.4 Å². The smallest absolute Gasteiger partial charge is 0.230 e. The van der Waals surface area contributed by atoms with Crippen LogP contribution in [-0.4, -0.2) is 18.1 Å². The number of carbonyl (C=O) groups excluding carboxylic acids is 1. The highest BCUT2D eigenvalue weighted by molar-refractivity contribution is 5.93. The second kappa shape index (κ2) is 6.52. The van der Waals surface area contributed by atoms with Crippen molar-refractivity contribution in [3.05, 3.63) is 53.6 Å². The third kappa shape index (κ3) is 3.54. The van der Waals surface area contributed by atoms with Crippen LogP contribution in [0.4, 0.5) is 5.69 Å². The summed E-state index contributed by atoms with van der Waals surface area (Å²) in [4.78, 5) is 12.4. The lowest BCUT2D eigenvalue weighted by molar-refractivity contribution is -0.121. The number of hydrogen-bond acceptors (Lipinski definition) is 3. The van der Waals surface area contributed by atoms with E-state index in [-0.39, 0.29) is 24.0 Å². The molecule has 0 saturated carbocycles. The lowest BCUT2D eigenvalue weighted by atomic mass is 9.88. The maximum Gasteiger partial charge on any atom is 0.230 e. The first kappa shape index (κ1) is 16.2. The molecule has 0 aliphatic carbocycles. The molecule has 4 heteroatoms. The second-order valence-electron chi connectivity index (χ2n) is 7.16. The normalized spacial score (nSPS) is 24.3. The first-order valence-corrected chi connectivity index (χ1v) is 8.89. The summed E-state index contributed by atoms with van der Waals surface area (Å²) in [6.45, 7) is 4.11. The minimum absolute atomic E-state index is 0.00931. The fourth-order valence-electron chi connectivity index (χ4n) is 3.88. The van der Waals surface area contributed by atoms with Gasteiger partial charge in [0.2, 0.25) is 5.91 Å². The van der Waals surface area contributed by atoms with Crippen LogP contribution in [0.25, 0.3) is 0 Å². The number of rotatable bonds is 4. The molecule has 1 N–H and O–H groups in total. The molecule has 0 aromatic heterocycles. The third-order valence-electron chi connectivity index (χ3n) is 5.00. The maximum atomic E-state index is 12.4. The topological polar surface area (TPSA) is 47.6 Å². The van der Waals surface area contributed by atoms with E-state index in [9.17, 15) is 4.79 Å². The van der Waals surface area contributed by atoms with Crippen LogP contribution in [0.15, 0.2) is 42.5 Å². The SMILES string of the molecule is Cc1cc(C)cc(Oc2ccc(NC(=O)C3CC4CCC3O4)cc2)c1. The standard InChI is InChI=1S/C21H23NO3/c1-13-9-14(2)11-18(10-13)24-16-5-3-15(4-6-16)22-21(23)19-12-17-7-8-20(19)25-17/h3-6,9-11,17,19-20H,7-8,12H2,1-2H3,(H,22,23). The van der Waals surface area contributed by atoms with E-state index in [4.69, 9.17) is 9.47 Å². The number of carbonyl (C=O) groups is 1. The number of fused-ring (bicyclic) bond motifs is 2. The van der Waals surface area contributed by atoms with Crippen molar-refractivity contribution in [3.63, 3.8) is 0 Å². The fraction of sp³-hybridized carbons (Fsp3) is 0.381. The fourth-order valence-corrected chi connectivity index (χ4v) is 3.88. The van der Waals surface area contributed by atoms with Crippen molar-refractivity contribution in [3.8, 4) is 11.5 Å². The molecule has 130 valence electrons. The number of nitrogens with one attached hydrogen (secondary N) is 1. The molecule has 2 aliphatic rings. The van der Waals surface area contributed by atoms with Crippen molar-refractivity contribution in [2.45, 2.75) is 45.3 Å². The monoisotopic (exact) mass is 337 g/mol. The van der Waals surface area contributed by atoms with Crippen LogP contribution < -0.4 is 10.1 Å². The van der Waals surface area contributed by atoms with E-state index in [0.717, 1.165) is 36.4 Å². The van der Waals surface area contributed by atoms with E-state index < -0.39 is 0 Å². The average molecular weight is 337 g/mol. The zero-order valence-corrected chi connectivity index (χ0v) is 14.6. The maximum absolute atomic E-state index is 12.4. The Morgan fingerprint density at radius 2 is 1.76 bits per heavy atom. The molecular weight excluding hydrogens is 314 g/mol. The lowest BCUT2D eigenvalue weighted by Gasteiger charge is -2.18. The Kier molecular flexibility index (Phi) is 4.22. The zero-order chi connectivity index (χ0) is 17.4. The highest BCUT2D eigenvalue weighted by atomic mass is 16.5. The van der Waals surface area contributed by atoms with Gasteiger partial charge in [0.15, 0.2) is 0 Å². The van der Waals surface area contributed by atoms with Gasteiger partial charge in [-0.1, -0.05) is 6.07 Å². The molecule has 0 radical (unpaired) electrons. The Hall–Kier alpha value is -2.33. The zero-order valence-electron chi connectivity index (χ0n) is 14.6. The van der Waals surface area contributed by atoms with Gasteiger partial charge in [-0.05, 0) is 80.6 Å². The number of benzene rings is 2. The number of hydrogen-bond donors (Lipinski definition) is 1. The Morgan fingerprint density at radius 1 is 1.04 bits per heavy atom. The molecule has 2 bridgehead atoms. The quantitative estimate of drug-likeness (QED) is 0.887. The molecule has 4 rings (SSSR count). The van der Waals surface area contributed by atoms with Gasteiger partial charge in [-0.15, -0.1) is 0 Å². The van der Waals surface area contributed by atoms with Gasteiger partial charge in [0.1, 0.15) is 11.5 Å². The van der Waals surface area contributed by atoms with Crippen LogP contribution in [0.2, 0.25) is 0 Å². The van der Waals surface area contributed by atoms with Crippen LogP contribution in [0, 0.1) is 19.8 Å². The van der Waals surface area contributed by atoms with Gasteiger partial charge >= 0.3 is 0 Å². The molecule has 25 heavy (non-hydrogen) atoms. The summed E-state index contributed by atoms with van der Waals surface area (Å²) in [5.74, 6) is 1.64. The van der Waals surface area contributed by atoms with E-state index in [1.807, 2.05) is 36.4 Å². The van der Waals surface area contributed by atoms with Gasteiger partial charge in [0.05, 0.1) is 18.1 Å². The molecule has 2 aromatic rings. The van der Waals surface area contributed by atoms with Gasteiger partial charge in [0, 0.05) is 5.69 Å². The summed E-state index contributed by atoms with van der Waals surface area (Å²) >= 11 is 0. The highest BCUT2D eigenvalue weighted by Gasteiger charge is 2.44. The number of anilines is 1. The molecular formula is C21H23NO3. The predicted molar refractivity (Wildman–Crippen MR) is 97.1 cm³/mol. The van der Waals surface area contributed by atoms with Gasteiger partial charge < -0.3 is 14.8 Å². The van der Waals surface area contributed by atoms with Crippen molar-refractivity contribution >= 4 is 11.6 Å². The van der Waals surface area contributed by atoms with Crippen LogP contribution >= 0.6 is 0 Å². The predicted octanol–water partition coefficient (Wildman–Crippen LogP) is 4.60. The highest BCUT2D eigenvalue weighted by Crippen LogP contribution is 2.39. The summed E-state index contributed by atoms with van der Waals surface area (Å²) in [6, 6.07) is 13.7. The first-order chi connectivity index (χ1) is 12.1. The first-order valence-electron chi connectivity index (χ1n) is 8.89.